The van der Waals surface area contributed by atoms with Gasteiger partial charge >= 0.3 is 12.1 Å². The lowest BCUT2D eigenvalue weighted by molar-refractivity contribution is -0.146. The van der Waals surface area contributed by atoms with Crippen LogP contribution < -0.4 is 5.32 Å². The molecule has 1 amide bonds. The number of carbonyl (C=O) groups excluding carboxylic acids is 1. The second-order valence-corrected chi connectivity index (χ2v) is 6.81. The van der Waals surface area contributed by atoms with Crippen molar-refractivity contribution in [2.45, 2.75) is 44.8 Å². The predicted molar refractivity (Wildman–Crippen MR) is 92.3 cm³/mol. The van der Waals surface area contributed by atoms with Gasteiger partial charge in [0.1, 0.15) is 0 Å². The van der Waals surface area contributed by atoms with Crippen LogP contribution in [0.3, 0.4) is 0 Å². The highest BCUT2D eigenvalue weighted by Crippen LogP contribution is 2.31. The summed E-state index contributed by atoms with van der Waals surface area (Å²) < 4.78 is 39.6. The first kappa shape index (κ1) is 20.5. The van der Waals surface area contributed by atoms with E-state index >= 15 is 0 Å². The number of nitrogens with zero attached hydrogens (tertiary/aromatic N) is 2. The molecule has 1 unspecified atom stereocenters. The van der Waals surface area contributed by atoms with Crippen molar-refractivity contribution in [1.82, 2.24) is 9.78 Å². The number of rotatable bonds is 6. The van der Waals surface area contributed by atoms with Gasteiger partial charge in [-0.1, -0.05) is 25.1 Å². The summed E-state index contributed by atoms with van der Waals surface area (Å²) >= 11 is 0. The predicted octanol–water partition coefficient (Wildman–Crippen LogP) is 3.85. The van der Waals surface area contributed by atoms with Crippen LogP contribution in [0.25, 0.3) is 0 Å². The molecule has 27 heavy (non-hydrogen) atoms. The Morgan fingerprint density at radius 2 is 1.96 bits per heavy atom. The number of carboxylic acid groups (broad SMARTS) is 1. The average molecular weight is 383 g/mol. The van der Waals surface area contributed by atoms with Gasteiger partial charge in [-0.15, -0.1) is 0 Å². The maximum Gasteiger partial charge on any atom is 0.416 e. The third-order valence-electron chi connectivity index (χ3n) is 4.24. The highest BCUT2D eigenvalue weighted by Gasteiger charge is 2.31. The number of anilines is 1. The van der Waals surface area contributed by atoms with Crippen LogP contribution in [0.2, 0.25) is 0 Å². The monoisotopic (exact) mass is 383 g/mol. The smallest absolute Gasteiger partial charge is 0.416 e. The highest BCUT2D eigenvalue weighted by molar-refractivity contribution is 5.91. The van der Waals surface area contributed by atoms with Crippen LogP contribution in [0.5, 0.6) is 0 Å². The first-order valence-corrected chi connectivity index (χ1v) is 8.17. The van der Waals surface area contributed by atoms with Gasteiger partial charge in [0, 0.05) is 12.6 Å². The number of halogens is 3. The highest BCUT2D eigenvalue weighted by atomic mass is 19.4. The molecular formula is C18H20F3N3O3. The quantitative estimate of drug-likeness (QED) is 0.794. The number of benzene rings is 1. The molecule has 0 saturated carbocycles. The fourth-order valence-electron chi connectivity index (χ4n) is 2.42. The van der Waals surface area contributed by atoms with Crippen molar-refractivity contribution >= 4 is 17.6 Å². The van der Waals surface area contributed by atoms with E-state index in [4.69, 9.17) is 0 Å². The molecular weight excluding hydrogens is 363 g/mol. The number of nitrogens with one attached hydrogen (secondary N) is 1. The van der Waals surface area contributed by atoms with Crippen LogP contribution in [-0.2, 0) is 21.3 Å². The number of aliphatic carboxylic acids is 1. The van der Waals surface area contributed by atoms with Crippen molar-refractivity contribution in [2.24, 2.45) is 0 Å². The van der Waals surface area contributed by atoms with Gasteiger partial charge in [0.05, 0.1) is 17.4 Å². The molecule has 0 aliphatic heterocycles. The zero-order valence-electron chi connectivity index (χ0n) is 15.0. The molecule has 0 fully saturated rings. The van der Waals surface area contributed by atoms with Gasteiger partial charge in [0.2, 0.25) is 5.91 Å². The number of aromatic nitrogens is 2. The molecule has 0 aliphatic rings. The molecule has 1 heterocycles. The molecule has 146 valence electrons. The molecule has 6 nitrogen and oxygen atoms in total. The molecule has 2 N–H and O–H groups in total. The van der Waals surface area contributed by atoms with E-state index in [2.05, 4.69) is 10.4 Å². The van der Waals surface area contributed by atoms with E-state index in [0.29, 0.717) is 11.3 Å². The lowest BCUT2D eigenvalue weighted by Crippen LogP contribution is -2.35. The van der Waals surface area contributed by atoms with Crippen molar-refractivity contribution in [1.29, 1.82) is 0 Å². The molecule has 1 atom stereocenters. The maximum atomic E-state index is 12.8. The largest absolute Gasteiger partial charge is 0.479 e. The van der Waals surface area contributed by atoms with Crippen molar-refractivity contribution in [3.63, 3.8) is 0 Å². The van der Waals surface area contributed by atoms with E-state index in [9.17, 15) is 27.9 Å². The lowest BCUT2D eigenvalue weighted by atomic mass is 9.95. The second-order valence-electron chi connectivity index (χ2n) is 6.81. The Hall–Kier alpha value is -2.84. The fourth-order valence-corrected chi connectivity index (χ4v) is 2.42. The van der Waals surface area contributed by atoms with Crippen LogP contribution in [0.4, 0.5) is 18.9 Å². The molecule has 2 rings (SSSR count). The minimum Gasteiger partial charge on any atom is -0.479 e. The lowest BCUT2D eigenvalue weighted by Gasteiger charge is -2.19. The minimum absolute atomic E-state index is 0.0329. The van der Waals surface area contributed by atoms with Gasteiger partial charge in [-0.2, -0.15) is 18.3 Å². The van der Waals surface area contributed by atoms with Gasteiger partial charge < -0.3 is 10.4 Å². The summed E-state index contributed by atoms with van der Waals surface area (Å²) in [5, 5.41) is 15.7. The minimum atomic E-state index is -4.44. The molecule has 9 heteroatoms. The van der Waals surface area contributed by atoms with Gasteiger partial charge in [-0.3, -0.25) is 9.48 Å². The zero-order valence-corrected chi connectivity index (χ0v) is 15.0. The van der Waals surface area contributed by atoms with E-state index in [1.54, 1.807) is 13.0 Å². The molecule has 0 radical (unpaired) electrons. The zero-order chi connectivity index (χ0) is 20.4. The van der Waals surface area contributed by atoms with Crippen LogP contribution in [0, 0.1) is 0 Å². The van der Waals surface area contributed by atoms with E-state index in [0.717, 1.165) is 12.1 Å². The SMILES string of the molecule is CC(CC(=O)Nc1cnn(C(C)(C)C(=O)O)c1)c1cccc(C(F)(F)F)c1. The summed E-state index contributed by atoms with van der Waals surface area (Å²) in [4.78, 5) is 23.4. The molecule has 0 bridgehead atoms. The third kappa shape index (κ3) is 4.87. The Labute approximate surface area is 154 Å². The molecule has 0 saturated heterocycles. The van der Waals surface area contributed by atoms with E-state index < -0.39 is 35.1 Å². The van der Waals surface area contributed by atoms with Crippen molar-refractivity contribution in [3.05, 3.63) is 47.8 Å². The first-order chi connectivity index (χ1) is 12.4. The summed E-state index contributed by atoms with van der Waals surface area (Å²) in [6.45, 7) is 4.58. The van der Waals surface area contributed by atoms with Crippen LogP contribution >= 0.6 is 0 Å². The van der Waals surface area contributed by atoms with E-state index in [1.807, 2.05) is 0 Å². The van der Waals surface area contributed by atoms with E-state index in [-0.39, 0.29) is 6.42 Å². The molecule has 0 spiro atoms. The summed E-state index contributed by atoms with van der Waals surface area (Å²) in [6, 6.07) is 4.87. The molecule has 2 aromatic rings. The molecule has 1 aromatic heterocycles. The Morgan fingerprint density at radius 1 is 1.30 bits per heavy atom. The van der Waals surface area contributed by atoms with Crippen molar-refractivity contribution in [2.75, 3.05) is 5.32 Å². The number of alkyl halides is 3. The van der Waals surface area contributed by atoms with Crippen LogP contribution in [-0.4, -0.2) is 26.8 Å². The first-order valence-electron chi connectivity index (χ1n) is 8.17. The van der Waals surface area contributed by atoms with Crippen LogP contribution in [0.1, 0.15) is 44.2 Å². The molecule has 1 aromatic carbocycles. The number of amides is 1. The fraction of sp³-hybridized carbons (Fsp3) is 0.389. The van der Waals surface area contributed by atoms with Gasteiger partial charge in [-0.25, -0.2) is 4.79 Å². The normalized spacial score (nSPS) is 13.3. The second kappa shape index (κ2) is 7.42. The number of carboxylic acids is 1. The number of hydrogen-bond acceptors (Lipinski definition) is 3. The summed E-state index contributed by atoms with van der Waals surface area (Å²) in [5.74, 6) is -1.92. The third-order valence-corrected chi connectivity index (χ3v) is 4.24. The molecule has 0 aliphatic carbocycles. The average Bonchev–Trinajstić information content (AvgIpc) is 3.03. The Bertz CT molecular complexity index is 844. The Morgan fingerprint density at radius 3 is 2.56 bits per heavy atom. The topological polar surface area (TPSA) is 84.2 Å². The van der Waals surface area contributed by atoms with Crippen molar-refractivity contribution in [3.8, 4) is 0 Å². The van der Waals surface area contributed by atoms with Gasteiger partial charge in [0.15, 0.2) is 5.54 Å². The van der Waals surface area contributed by atoms with Gasteiger partial charge in [0.25, 0.3) is 0 Å². The standard InChI is InChI=1S/C18H20F3N3O3/c1-11(12-5-4-6-13(8-12)18(19,20)21)7-15(25)23-14-9-22-24(10-14)17(2,3)16(26)27/h4-6,8-11H,7H2,1-3H3,(H,23,25)(H,26,27). The summed E-state index contributed by atoms with van der Waals surface area (Å²) in [5.41, 5.74) is -1.33. The number of hydrogen-bond donors (Lipinski definition) is 2. The summed E-state index contributed by atoms with van der Waals surface area (Å²) in [7, 11) is 0. The summed E-state index contributed by atoms with van der Waals surface area (Å²) in [6.07, 6.45) is -1.77. The van der Waals surface area contributed by atoms with Gasteiger partial charge in [-0.05, 0) is 31.4 Å². The van der Waals surface area contributed by atoms with Crippen LogP contribution in [0.15, 0.2) is 36.7 Å². The Kier molecular flexibility index (Phi) is 5.62. The maximum absolute atomic E-state index is 12.8. The van der Waals surface area contributed by atoms with Crippen molar-refractivity contribution < 1.29 is 27.9 Å². The Balaban J connectivity index is 2.04. The van der Waals surface area contributed by atoms with E-state index in [1.165, 1.54) is 37.0 Å². The number of carbonyl (C=O) groups is 2.